The predicted molar refractivity (Wildman–Crippen MR) is 123 cm³/mol. The second-order valence-electron chi connectivity index (χ2n) is 6.50. The van der Waals surface area contributed by atoms with Gasteiger partial charge in [-0.05, 0) is 48.5 Å². The van der Waals surface area contributed by atoms with Crippen LogP contribution in [0.3, 0.4) is 0 Å². The minimum Gasteiger partial charge on any atom is -0.497 e. The van der Waals surface area contributed by atoms with Crippen molar-refractivity contribution >= 4 is 38.9 Å². The molecule has 1 amide bonds. The number of carbonyl (C=O) groups excluding carboxylic acids is 1. The Kier molecular flexibility index (Phi) is 7.12. The first-order valence-electron chi connectivity index (χ1n) is 9.27. The maximum atomic E-state index is 13.0. The molecule has 32 heavy (non-hydrogen) atoms. The number of rotatable bonds is 8. The Hall–Kier alpha value is -3.43. The minimum absolute atomic E-state index is 0.0930. The van der Waals surface area contributed by atoms with Gasteiger partial charge in [0.1, 0.15) is 17.2 Å². The summed E-state index contributed by atoms with van der Waals surface area (Å²) in [6.45, 7) is 0. The molecule has 3 aromatic rings. The minimum atomic E-state index is -4.04. The zero-order valence-corrected chi connectivity index (χ0v) is 19.1. The van der Waals surface area contributed by atoms with Crippen LogP contribution in [-0.2, 0) is 10.0 Å². The first kappa shape index (κ1) is 23.2. The highest BCUT2D eigenvalue weighted by atomic mass is 35.5. The molecule has 0 spiro atoms. The Morgan fingerprint density at radius 1 is 0.844 bits per heavy atom. The molecule has 0 aromatic heterocycles. The van der Waals surface area contributed by atoms with Crippen molar-refractivity contribution in [3.63, 3.8) is 0 Å². The van der Waals surface area contributed by atoms with E-state index in [2.05, 4.69) is 10.0 Å². The van der Waals surface area contributed by atoms with E-state index in [9.17, 15) is 13.2 Å². The molecule has 0 fully saturated rings. The summed E-state index contributed by atoms with van der Waals surface area (Å²) < 4.78 is 44.2. The summed E-state index contributed by atoms with van der Waals surface area (Å²) >= 11 is 5.95. The summed E-state index contributed by atoms with van der Waals surface area (Å²) in [4.78, 5) is 12.5. The van der Waals surface area contributed by atoms with E-state index in [-0.39, 0.29) is 16.3 Å². The number of benzene rings is 3. The van der Waals surface area contributed by atoms with Gasteiger partial charge in [0, 0.05) is 16.7 Å². The van der Waals surface area contributed by atoms with E-state index in [0.717, 1.165) is 0 Å². The van der Waals surface area contributed by atoms with Gasteiger partial charge in [-0.25, -0.2) is 8.42 Å². The largest absolute Gasteiger partial charge is 0.497 e. The number of halogens is 1. The Morgan fingerprint density at radius 3 is 2.19 bits per heavy atom. The number of amides is 1. The van der Waals surface area contributed by atoms with Crippen LogP contribution in [0.25, 0.3) is 0 Å². The van der Waals surface area contributed by atoms with Crippen LogP contribution in [0.15, 0.2) is 65.6 Å². The van der Waals surface area contributed by atoms with Crippen molar-refractivity contribution in [2.45, 2.75) is 4.90 Å². The molecular formula is C22H21ClN2O6S. The molecule has 0 atom stereocenters. The highest BCUT2D eigenvalue weighted by molar-refractivity contribution is 7.92. The van der Waals surface area contributed by atoms with E-state index in [1.807, 2.05) is 0 Å². The quantitative estimate of drug-likeness (QED) is 0.499. The number of ether oxygens (including phenoxy) is 3. The molecule has 0 aliphatic heterocycles. The standard InChI is InChI=1S/C22H21ClN2O6S/c1-29-16-7-9-21(31-3)19(12-16)25-32(27,28)17-8-10-20(30-2)18(13-17)24-22(26)14-5-4-6-15(23)11-14/h4-13,25H,1-3H3,(H,24,26). The monoisotopic (exact) mass is 476 g/mol. The normalized spacial score (nSPS) is 10.9. The number of hydrogen-bond acceptors (Lipinski definition) is 6. The highest BCUT2D eigenvalue weighted by Crippen LogP contribution is 2.33. The molecule has 0 aliphatic carbocycles. The molecular weight excluding hydrogens is 456 g/mol. The van der Waals surface area contributed by atoms with E-state index >= 15 is 0 Å². The second kappa shape index (κ2) is 9.80. The Morgan fingerprint density at radius 2 is 1.53 bits per heavy atom. The number of hydrogen-bond donors (Lipinski definition) is 2. The summed E-state index contributed by atoms with van der Waals surface area (Å²) in [6, 6.07) is 15.2. The molecule has 168 valence electrons. The lowest BCUT2D eigenvalue weighted by molar-refractivity contribution is 0.102. The van der Waals surface area contributed by atoms with Crippen molar-refractivity contribution in [3.05, 3.63) is 71.2 Å². The number of nitrogens with one attached hydrogen (secondary N) is 2. The molecule has 0 saturated carbocycles. The van der Waals surface area contributed by atoms with Gasteiger partial charge in [0.05, 0.1) is 37.6 Å². The average Bonchev–Trinajstić information content (AvgIpc) is 2.78. The van der Waals surface area contributed by atoms with Gasteiger partial charge in [-0.3, -0.25) is 9.52 Å². The Bertz CT molecular complexity index is 1250. The van der Waals surface area contributed by atoms with Crippen LogP contribution in [0.1, 0.15) is 10.4 Å². The van der Waals surface area contributed by atoms with Gasteiger partial charge in [-0.2, -0.15) is 0 Å². The third kappa shape index (κ3) is 5.24. The third-order valence-corrected chi connectivity index (χ3v) is 6.07. The van der Waals surface area contributed by atoms with E-state index in [4.69, 9.17) is 25.8 Å². The van der Waals surface area contributed by atoms with Crippen molar-refractivity contribution in [1.82, 2.24) is 0 Å². The maximum Gasteiger partial charge on any atom is 0.262 e. The summed E-state index contributed by atoms with van der Waals surface area (Å²) in [6.07, 6.45) is 0. The second-order valence-corrected chi connectivity index (χ2v) is 8.62. The van der Waals surface area contributed by atoms with Gasteiger partial charge in [-0.1, -0.05) is 17.7 Å². The van der Waals surface area contributed by atoms with E-state index in [0.29, 0.717) is 27.8 Å². The fourth-order valence-corrected chi connectivity index (χ4v) is 4.15. The molecule has 10 heteroatoms. The van der Waals surface area contributed by atoms with Crippen LogP contribution in [-0.4, -0.2) is 35.7 Å². The van der Waals surface area contributed by atoms with Crippen LogP contribution in [0.4, 0.5) is 11.4 Å². The molecule has 0 radical (unpaired) electrons. The van der Waals surface area contributed by atoms with Crippen molar-refractivity contribution in [3.8, 4) is 17.2 Å². The predicted octanol–water partition coefficient (Wildman–Crippen LogP) is 4.42. The summed E-state index contributed by atoms with van der Waals surface area (Å²) in [5, 5.41) is 3.06. The van der Waals surface area contributed by atoms with Gasteiger partial charge in [-0.15, -0.1) is 0 Å². The van der Waals surface area contributed by atoms with Crippen LogP contribution in [0.5, 0.6) is 17.2 Å². The average molecular weight is 477 g/mol. The number of anilines is 2. The molecule has 3 aromatic carbocycles. The number of carbonyl (C=O) groups is 1. The lowest BCUT2D eigenvalue weighted by Crippen LogP contribution is -2.16. The summed E-state index contributed by atoms with van der Waals surface area (Å²) in [5.74, 6) is 0.589. The first-order valence-corrected chi connectivity index (χ1v) is 11.1. The molecule has 2 N–H and O–H groups in total. The van der Waals surface area contributed by atoms with Gasteiger partial charge in [0.25, 0.3) is 15.9 Å². The molecule has 0 heterocycles. The molecule has 0 saturated heterocycles. The van der Waals surface area contributed by atoms with Crippen molar-refractivity contribution in [2.24, 2.45) is 0 Å². The molecule has 3 rings (SSSR count). The molecule has 0 bridgehead atoms. The van der Waals surface area contributed by atoms with Gasteiger partial charge < -0.3 is 19.5 Å². The van der Waals surface area contributed by atoms with Crippen LogP contribution in [0, 0.1) is 0 Å². The van der Waals surface area contributed by atoms with Crippen molar-refractivity contribution < 1.29 is 27.4 Å². The molecule has 8 nitrogen and oxygen atoms in total. The molecule has 0 aliphatic rings. The first-order chi connectivity index (χ1) is 15.3. The van der Waals surface area contributed by atoms with Crippen molar-refractivity contribution in [1.29, 1.82) is 0 Å². The van der Waals surface area contributed by atoms with Gasteiger partial charge >= 0.3 is 0 Å². The Labute approximate surface area is 191 Å². The van der Waals surface area contributed by atoms with Crippen LogP contribution in [0.2, 0.25) is 5.02 Å². The fraction of sp³-hybridized carbons (Fsp3) is 0.136. The zero-order chi connectivity index (χ0) is 23.3. The Balaban J connectivity index is 1.94. The van der Waals surface area contributed by atoms with Crippen molar-refractivity contribution in [2.75, 3.05) is 31.4 Å². The maximum absolute atomic E-state index is 13.0. The van der Waals surface area contributed by atoms with Crippen LogP contribution >= 0.6 is 11.6 Å². The van der Waals surface area contributed by atoms with Gasteiger partial charge in [0.2, 0.25) is 0 Å². The third-order valence-electron chi connectivity index (χ3n) is 4.47. The van der Waals surface area contributed by atoms with E-state index in [1.54, 1.807) is 30.3 Å². The number of methoxy groups -OCH3 is 3. The lowest BCUT2D eigenvalue weighted by atomic mass is 10.2. The number of sulfonamides is 1. The fourth-order valence-electron chi connectivity index (χ4n) is 2.87. The zero-order valence-electron chi connectivity index (χ0n) is 17.5. The summed E-state index contributed by atoms with van der Waals surface area (Å²) in [5.41, 5.74) is 0.692. The topological polar surface area (TPSA) is 103 Å². The van der Waals surface area contributed by atoms with Crippen LogP contribution < -0.4 is 24.2 Å². The SMILES string of the molecule is COc1ccc(OC)c(NS(=O)(=O)c2ccc(OC)c(NC(=O)c3cccc(Cl)c3)c2)c1. The van der Waals surface area contributed by atoms with Gasteiger partial charge in [0.15, 0.2) is 0 Å². The lowest BCUT2D eigenvalue weighted by Gasteiger charge is -2.15. The summed E-state index contributed by atoms with van der Waals surface area (Å²) in [7, 11) is 0.273. The highest BCUT2D eigenvalue weighted by Gasteiger charge is 2.20. The van der Waals surface area contributed by atoms with E-state index < -0.39 is 15.9 Å². The smallest absolute Gasteiger partial charge is 0.262 e. The van der Waals surface area contributed by atoms with E-state index in [1.165, 1.54) is 51.7 Å². The molecule has 0 unspecified atom stereocenters.